The highest BCUT2D eigenvalue weighted by Gasteiger charge is 2.37. The van der Waals surface area contributed by atoms with Gasteiger partial charge in [-0.2, -0.15) is 23.1 Å². The first-order chi connectivity index (χ1) is 20.9. The highest BCUT2D eigenvalue weighted by atomic mass is 35.5. The molecule has 0 saturated heterocycles. The SMILES string of the molecule is Cc1cc(Cl)cc(C(=O)NCc2ccc(F)cc2)c1CC(=O)c1cc(Cn2nnc(C(F)(F)F)n2)nn1-c1ncccc1Cl. The van der Waals surface area contributed by atoms with Crippen molar-refractivity contribution in [2.45, 2.75) is 32.6 Å². The summed E-state index contributed by atoms with van der Waals surface area (Å²) in [6.45, 7) is 1.44. The fourth-order valence-electron chi connectivity index (χ4n) is 4.31. The van der Waals surface area contributed by atoms with Crippen molar-refractivity contribution in [1.82, 2.24) is 40.3 Å². The van der Waals surface area contributed by atoms with E-state index in [1.54, 1.807) is 19.1 Å². The lowest BCUT2D eigenvalue weighted by atomic mass is 9.95. The van der Waals surface area contributed by atoms with E-state index in [-0.39, 0.29) is 52.3 Å². The van der Waals surface area contributed by atoms with Gasteiger partial charge in [-0.05, 0) is 71.3 Å². The molecule has 2 aromatic carbocycles. The van der Waals surface area contributed by atoms with E-state index in [0.29, 0.717) is 21.5 Å². The van der Waals surface area contributed by atoms with Crippen LogP contribution in [0.5, 0.6) is 0 Å². The van der Waals surface area contributed by atoms with Gasteiger partial charge in [-0.3, -0.25) is 9.59 Å². The summed E-state index contributed by atoms with van der Waals surface area (Å²) in [5, 5.41) is 17.3. The molecule has 0 aliphatic heterocycles. The van der Waals surface area contributed by atoms with Gasteiger partial charge in [0.1, 0.15) is 18.1 Å². The maximum Gasteiger partial charge on any atom is 0.455 e. The molecule has 0 spiro atoms. The van der Waals surface area contributed by atoms with Crippen molar-refractivity contribution in [3.05, 3.63) is 116 Å². The number of pyridine rings is 1. The topological polar surface area (TPSA) is 120 Å². The Morgan fingerprint density at radius 3 is 2.45 bits per heavy atom. The van der Waals surface area contributed by atoms with Crippen molar-refractivity contribution < 1.29 is 27.2 Å². The van der Waals surface area contributed by atoms with E-state index in [2.05, 4.69) is 30.8 Å². The van der Waals surface area contributed by atoms with Crippen LogP contribution in [0.3, 0.4) is 0 Å². The molecule has 5 aromatic rings. The van der Waals surface area contributed by atoms with E-state index in [0.717, 1.165) is 0 Å². The minimum Gasteiger partial charge on any atom is -0.348 e. The number of carbonyl (C=O) groups is 2. The van der Waals surface area contributed by atoms with Gasteiger partial charge in [0, 0.05) is 29.7 Å². The molecule has 3 heterocycles. The van der Waals surface area contributed by atoms with Crippen LogP contribution in [0.4, 0.5) is 17.6 Å². The smallest absolute Gasteiger partial charge is 0.348 e. The maximum atomic E-state index is 13.8. The number of amides is 1. The fourth-order valence-corrected chi connectivity index (χ4v) is 4.78. The number of carbonyl (C=O) groups excluding carboxylic acids is 2. The molecule has 3 aromatic heterocycles. The molecule has 5 rings (SSSR count). The number of aromatic nitrogens is 7. The summed E-state index contributed by atoms with van der Waals surface area (Å²) in [7, 11) is 0. The Labute approximate surface area is 256 Å². The van der Waals surface area contributed by atoms with E-state index in [1.165, 1.54) is 53.3 Å². The summed E-state index contributed by atoms with van der Waals surface area (Å²) in [6.07, 6.45) is -3.64. The number of rotatable bonds is 9. The molecule has 0 aliphatic rings. The van der Waals surface area contributed by atoms with Crippen LogP contribution >= 0.6 is 23.2 Å². The molecular formula is C28H20Cl2F4N8O2. The molecule has 44 heavy (non-hydrogen) atoms. The molecule has 0 fully saturated rings. The molecule has 0 bridgehead atoms. The van der Waals surface area contributed by atoms with Crippen molar-refractivity contribution in [2.24, 2.45) is 0 Å². The molecule has 226 valence electrons. The van der Waals surface area contributed by atoms with Crippen LogP contribution in [0, 0.1) is 12.7 Å². The van der Waals surface area contributed by atoms with E-state index >= 15 is 0 Å². The number of alkyl halides is 3. The van der Waals surface area contributed by atoms with Crippen LogP contribution in [0.15, 0.2) is 60.8 Å². The molecule has 0 radical (unpaired) electrons. The van der Waals surface area contributed by atoms with Crippen LogP contribution < -0.4 is 5.32 Å². The number of Topliss-reactive ketones (excluding diaryl/α,β-unsaturated/α-hetero) is 1. The second kappa shape index (κ2) is 12.5. The summed E-state index contributed by atoms with van der Waals surface area (Å²) < 4.78 is 53.3. The van der Waals surface area contributed by atoms with Gasteiger partial charge in [0.15, 0.2) is 11.6 Å². The monoisotopic (exact) mass is 646 g/mol. The zero-order valence-corrected chi connectivity index (χ0v) is 24.1. The number of hydrogen-bond donors (Lipinski definition) is 1. The van der Waals surface area contributed by atoms with Crippen molar-refractivity contribution in [1.29, 1.82) is 0 Å². The molecule has 10 nitrogen and oxygen atoms in total. The average Bonchev–Trinajstić information content (AvgIpc) is 3.62. The fraction of sp³-hybridized carbons (Fsp3) is 0.179. The van der Waals surface area contributed by atoms with Gasteiger partial charge < -0.3 is 5.32 Å². The zero-order chi connectivity index (χ0) is 31.6. The first-order valence-electron chi connectivity index (χ1n) is 12.8. The van der Waals surface area contributed by atoms with Gasteiger partial charge in [0.05, 0.1) is 10.7 Å². The second-order valence-corrected chi connectivity index (χ2v) is 10.4. The Morgan fingerprint density at radius 2 is 1.77 bits per heavy atom. The van der Waals surface area contributed by atoms with E-state index in [1.807, 2.05) is 0 Å². The van der Waals surface area contributed by atoms with Crippen LogP contribution in [0.1, 0.15) is 49.1 Å². The number of halogens is 6. The summed E-state index contributed by atoms with van der Waals surface area (Å²) in [4.78, 5) is 31.9. The second-order valence-electron chi connectivity index (χ2n) is 9.54. The summed E-state index contributed by atoms with van der Waals surface area (Å²) >= 11 is 12.6. The lowest BCUT2D eigenvalue weighted by Crippen LogP contribution is -2.25. The molecule has 0 atom stereocenters. The highest BCUT2D eigenvalue weighted by molar-refractivity contribution is 6.32. The summed E-state index contributed by atoms with van der Waals surface area (Å²) in [5.41, 5.74) is 1.86. The minimum absolute atomic E-state index is 0.0104. The molecule has 0 aliphatic carbocycles. The number of aryl methyl sites for hydroxylation is 1. The third-order valence-electron chi connectivity index (χ3n) is 6.38. The molecule has 1 N–H and O–H groups in total. The van der Waals surface area contributed by atoms with Crippen LogP contribution in [-0.4, -0.2) is 46.7 Å². The van der Waals surface area contributed by atoms with Crippen molar-refractivity contribution in [2.75, 3.05) is 0 Å². The Morgan fingerprint density at radius 1 is 1.02 bits per heavy atom. The van der Waals surface area contributed by atoms with Crippen molar-refractivity contribution in [3.63, 3.8) is 0 Å². The van der Waals surface area contributed by atoms with Gasteiger partial charge >= 0.3 is 6.18 Å². The van der Waals surface area contributed by atoms with Gasteiger partial charge in [0.25, 0.3) is 11.7 Å². The van der Waals surface area contributed by atoms with Crippen LogP contribution in [-0.2, 0) is 25.7 Å². The van der Waals surface area contributed by atoms with Crippen LogP contribution in [0.2, 0.25) is 10.0 Å². The first kappa shape index (κ1) is 30.8. The maximum absolute atomic E-state index is 13.8. The van der Waals surface area contributed by atoms with Crippen LogP contribution in [0.25, 0.3) is 5.82 Å². The number of benzene rings is 2. The number of nitrogens with zero attached hydrogens (tertiary/aromatic N) is 7. The summed E-state index contributed by atoms with van der Waals surface area (Å²) in [5.74, 6) is -2.77. The van der Waals surface area contributed by atoms with E-state index in [9.17, 15) is 27.2 Å². The standard InChI is InChI=1S/C28H20Cl2F4N8O2/c1-15-9-17(29)10-21(26(44)36-13-16-4-6-18(31)7-5-16)20(15)12-24(43)23-11-19(14-41-39-27(37-40-41)28(32,33)34)38-42(23)25-22(30)3-2-8-35-25/h2-11H,12-14H2,1H3,(H,36,44). The first-order valence-corrected chi connectivity index (χ1v) is 13.5. The van der Waals surface area contributed by atoms with Gasteiger partial charge in [-0.1, -0.05) is 35.3 Å². The summed E-state index contributed by atoms with van der Waals surface area (Å²) in [6, 6.07) is 13.1. The predicted molar refractivity (Wildman–Crippen MR) is 150 cm³/mol. The number of hydrogen-bond acceptors (Lipinski definition) is 7. The third-order valence-corrected chi connectivity index (χ3v) is 6.89. The Hall–Kier alpha value is -4.69. The largest absolute Gasteiger partial charge is 0.455 e. The number of tetrazole rings is 1. The Kier molecular flexibility index (Phi) is 8.74. The van der Waals surface area contributed by atoms with E-state index < -0.39 is 29.5 Å². The number of ketones is 1. The lowest BCUT2D eigenvalue weighted by molar-refractivity contribution is -0.145. The van der Waals surface area contributed by atoms with Gasteiger partial charge in [0.2, 0.25) is 0 Å². The quantitative estimate of drug-likeness (QED) is 0.167. The molecule has 1 amide bonds. The predicted octanol–water partition coefficient (Wildman–Crippen LogP) is 5.43. The molecule has 0 unspecified atom stereocenters. The molecule has 16 heteroatoms. The van der Waals surface area contributed by atoms with E-state index in [4.69, 9.17) is 23.2 Å². The third kappa shape index (κ3) is 6.92. The number of nitrogens with one attached hydrogen (secondary N) is 1. The molecule has 0 saturated carbocycles. The zero-order valence-electron chi connectivity index (χ0n) is 22.6. The van der Waals surface area contributed by atoms with Gasteiger partial charge in [-0.25, -0.2) is 14.1 Å². The lowest BCUT2D eigenvalue weighted by Gasteiger charge is -2.14. The Balaban J connectivity index is 1.46. The van der Waals surface area contributed by atoms with Gasteiger partial charge in [-0.15, -0.1) is 10.2 Å². The molecular weight excluding hydrogens is 627 g/mol. The van der Waals surface area contributed by atoms with Crippen molar-refractivity contribution in [3.8, 4) is 5.82 Å². The minimum atomic E-state index is -4.79. The highest BCUT2D eigenvalue weighted by Crippen LogP contribution is 2.27. The van der Waals surface area contributed by atoms with Crippen molar-refractivity contribution >= 4 is 34.9 Å². The Bertz CT molecular complexity index is 1860. The average molecular weight is 647 g/mol. The normalized spacial score (nSPS) is 11.5.